The Morgan fingerprint density at radius 2 is 1.19 bits per heavy atom. The summed E-state index contributed by atoms with van der Waals surface area (Å²) < 4.78 is 88.0. The van der Waals surface area contributed by atoms with Gasteiger partial charge in [0.15, 0.2) is 0 Å². The van der Waals surface area contributed by atoms with Crippen molar-refractivity contribution in [2.45, 2.75) is 24.6 Å². The Morgan fingerprint density at radius 1 is 0.731 bits per heavy atom. The van der Waals surface area contributed by atoms with Crippen LogP contribution in [0.2, 0.25) is 0 Å². The number of halogens is 6. The molecule has 2 atom stereocenters. The van der Waals surface area contributed by atoms with E-state index in [9.17, 15) is 31.1 Å². The molecule has 0 spiro atoms. The fourth-order valence-corrected chi connectivity index (χ4v) is 2.00. The number of rotatable bonds is 5. The maximum absolute atomic E-state index is 13.2. The summed E-state index contributed by atoms with van der Waals surface area (Å²) in [5.41, 5.74) is -0.317. The van der Waals surface area contributed by atoms with E-state index in [-0.39, 0.29) is 5.56 Å². The molecule has 2 unspecified atom stereocenters. The van der Waals surface area contributed by atoms with Crippen molar-refractivity contribution in [3.63, 3.8) is 0 Å². The monoisotopic (exact) mass is 378 g/mol. The van der Waals surface area contributed by atoms with Gasteiger partial charge in [0, 0.05) is 0 Å². The first kappa shape index (κ1) is 19.6. The molecule has 2 rings (SSSR count). The average Bonchev–Trinajstić information content (AvgIpc) is 2.57. The van der Waals surface area contributed by atoms with E-state index in [0.717, 1.165) is 24.3 Å². The van der Waals surface area contributed by atoms with Gasteiger partial charge in [0.05, 0.1) is 5.56 Å². The quantitative estimate of drug-likeness (QED) is 0.555. The van der Waals surface area contributed by atoms with Crippen LogP contribution in [0.3, 0.4) is 0 Å². The van der Waals surface area contributed by atoms with Gasteiger partial charge in [-0.3, -0.25) is 0 Å². The zero-order chi connectivity index (χ0) is 19.4. The highest BCUT2D eigenvalue weighted by Gasteiger charge is 2.59. The van der Waals surface area contributed by atoms with E-state index in [0.29, 0.717) is 0 Å². The lowest BCUT2D eigenvalue weighted by Crippen LogP contribution is -2.53. The topological polar surface area (TPSA) is 35.5 Å². The first-order valence-electron chi connectivity index (χ1n) is 7.20. The molecule has 2 aromatic rings. The van der Waals surface area contributed by atoms with Gasteiger partial charge < -0.3 is 9.47 Å². The van der Waals surface area contributed by atoms with Crippen molar-refractivity contribution in [3.05, 3.63) is 66.2 Å². The molecule has 0 fully saturated rings. The van der Waals surface area contributed by atoms with E-state index < -0.39 is 36.3 Å². The Morgan fingerprint density at radius 3 is 1.65 bits per heavy atom. The Bertz CT molecular complexity index is 713. The van der Waals surface area contributed by atoms with Gasteiger partial charge in [-0.15, -0.1) is 0 Å². The number of hydrogen-bond donors (Lipinski definition) is 0. The number of para-hydroxylation sites is 1. The molecule has 9 heteroatoms. The standard InChI is InChI=1S/C17H12F6O3/c18-16(19,20)13(25-12-9-5-2-6-10-12)14(17(21,22)23)26-15(24)11-7-3-1-4-8-11/h1-10,13-14H. The van der Waals surface area contributed by atoms with Crippen molar-refractivity contribution in [3.8, 4) is 5.75 Å². The molecule has 3 nitrogen and oxygen atoms in total. The average molecular weight is 378 g/mol. The highest BCUT2D eigenvalue weighted by atomic mass is 19.4. The maximum atomic E-state index is 13.2. The predicted octanol–water partition coefficient (Wildman–Crippen LogP) is 4.78. The molecule has 0 N–H and O–H groups in total. The molecule has 0 aliphatic rings. The molecule has 0 saturated heterocycles. The summed E-state index contributed by atoms with van der Waals surface area (Å²) in [5, 5.41) is 0. The zero-order valence-electron chi connectivity index (χ0n) is 12.9. The smallest absolute Gasteiger partial charge is 0.429 e. The fourth-order valence-electron chi connectivity index (χ4n) is 2.00. The van der Waals surface area contributed by atoms with E-state index in [4.69, 9.17) is 0 Å². The summed E-state index contributed by atoms with van der Waals surface area (Å²) in [7, 11) is 0. The first-order chi connectivity index (χ1) is 12.1. The molecular formula is C17H12F6O3. The highest BCUT2D eigenvalue weighted by Crippen LogP contribution is 2.36. The van der Waals surface area contributed by atoms with Crippen LogP contribution in [0.15, 0.2) is 60.7 Å². The summed E-state index contributed by atoms with van der Waals surface area (Å²) in [5.74, 6) is -1.99. The van der Waals surface area contributed by atoms with Crippen LogP contribution in [0.5, 0.6) is 5.75 Å². The van der Waals surface area contributed by atoms with Crippen molar-refractivity contribution in [1.82, 2.24) is 0 Å². The van der Waals surface area contributed by atoms with E-state index >= 15 is 0 Å². The molecule has 2 aromatic carbocycles. The molecule has 0 aliphatic carbocycles. The van der Waals surface area contributed by atoms with Crippen LogP contribution in [0, 0.1) is 0 Å². The molecule has 0 radical (unpaired) electrons. The Kier molecular flexibility index (Phi) is 5.79. The zero-order valence-corrected chi connectivity index (χ0v) is 12.9. The molecule has 140 valence electrons. The summed E-state index contributed by atoms with van der Waals surface area (Å²) in [4.78, 5) is 11.8. The van der Waals surface area contributed by atoms with Gasteiger partial charge in [0.1, 0.15) is 5.75 Å². The third-order valence-electron chi connectivity index (χ3n) is 3.17. The second kappa shape index (κ2) is 7.67. The van der Waals surface area contributed by atoms with Gasteiger partial charge in [-0.05, 0) is 24.3 Å². The van der Waals surface area contributed by atoms with Crippen LogP contribution >= 0.6 is 0 Å². The van der Waals surface area contributed by atoms with Crippen LogP contribution in [-0.4, -0.2) is 30.5 Å². The van der Waals surface area contributed by atoms with Crippen LogP contribution in [0.4, 0.5) is 26.3 Å². The van der Waals surface area contributed by atoms with Gasteiger partial charge in [0.25, 0.3) is 0 Å². The number of carbonyl (C=O) groups is 1. The van der Waals surface area contributed by atoms with Crippen LogP contribution in [0.1, 0.15) is 10.4 Å². The summed E-state index contributed by atoms with van der Waals surface area (Å²) in [6.07, 6.45) is -17.9. The molecule has 0 bridgehead atoms. The fraction of sp³-hybridized carbons (Fsp3) is 0.235. The second-order valence-electron chi connectivity index (χ2n) is 5.13. The minimum atomic E-state index is -5.50. The Labute approximate surface area is 144 Å². The largest absolute Gasteiger partial charge is 0.477 e. The molecule has 0 saturated carbocycles. The highest BCUT2D eigenvalue weighted by molar-refractivity contribution is 5.89. The minimum absolute atomic E-state index is 0.317. The second-order valence-corrected chi connectivity index (χ2v) is 5.13. The van der Waals surface area contributed by atoms with E-state index in [1.54, 1.807) is 0 Å². The number of benzene rings is 2. The normalized spacial score (nSPS) is 14.4. The summed E-state index contributed by atoms with van der Waals surface area (Å²) in [6, 6.07) is 12.6. The molecule has 0 amide bonds. The first-order valence-corrected chi connectivity index (χ1v) is 7.20. The summed E-state index contributed by atoms with van der Waals surface area (Å²) in [6.45, 7) is 0. The number of hydrogen-bond acceptors (Lipinski definition) is 3. The van der Waals surface area contributed by atoms with E-state index in [2.05, 4.69) is 9.47 Å². The number of carbonyl (C=O) groups excluding carboxylic acids is 1. The van der Waals surface area contributed by atoms with Gasteiger partial charge in [-0.1, -0.05) is 36.4 Å². The lowest BCUT2D eigenvalue weighted by Gasteiger charge is -2.30. The number of alkyl halides is 6. The molecular weight excluding hydrogens is 366 g/mol. The van der Waals surface area contributed by atoms with Gasteiger partial charge in [-0.2, -0.15) is 26.3 Å². The van der Waals surface area contributed by atoms with Crippen LogP contribution in [-0.2, 0) is 4.74 Å². The number of ether oxygens (including phenoxy) is 2. The molecule has 0 aromatic heterocycles. The Balaban J connectivity index is 2.33. The van der Waals surface area contributed by atoms with Gasteiger partial charge in [0.2, 0.25) is 12.2 Å². The maximum Gasteiger partial charge on any atom is 0.429 e. The molecule has 0 heterocycles. The third kappa shape index (κ3) is 5.14. The lowest BCUT2D eigenvalue weighted by molar-refractivity contribution is -0.285. The predicted molar refractivity (Wildman–Crippen MR) is 78.6 cm³/mol. The Hall–Kier alpha value is -2.71. The van der Waals surface area contributed by atoms with Gasteiger partial charge >= 0.3 is 18.3 Å². The van der Waals surface area contributed by atoms with E-state index in [1.807, 2.05) is 0 Å². The van der Waals surface area contributed by atoms with Crippen molar-refractivity contribution < 1.29 is 40.6 Å². The van der Waals surface area contributed by atoms with Crippen molar-refractivity contribution in [2.75, 3.05) is 0 Å². The number of esters is 1. The third-order valence-corrected chi connectivity index (χ3v) is 3.17. The van der Waals surface area contributed by atoms with Crippen molar-refractivity contribution in [1.29, 1.82) is 0 Å². The van der Waals surface area contributed by atoms with Crippen LogP contribution < -0.4 is 4.74 Å². The SMILES string of the molecule is O=C(OC(C(Oc1ccccc1)C(F)(F)F)C(F)(F)F)c1ccccc1. The molecule has 0 aliphatic heterocycles. The van der Waals surface area contributed by atoms with Crippen LogP contribution in [0.25, 0.3) is 0 Å². The van der Waals surface area contributed by atoms with Gasteiger partial charge in [-0.25, -0.2) is 4.79 Å². The molecule has 26 heavy (non-hydrogen) atoms. The van der Waals surface area contributed by atoms with Crippen molar-refractivity contribution in [2.24, 2.45) is 0 Å². The minimum Gasteiger partial charge on any atom is -0.477 e. The van der Waals surface area contributed by atoms with E-state index in [1.165, 1.54) is 36.4 Å². The van der Waals surface area contributed by atoms with Crippen molar-refractivity contribution >= 4 is 5.97 Å². The summed E-state index contributed by atoms with van der Waals surface area (Å²) >= 11 is 0. The lowest BCUT2D eigenvalue weighted by atomic mass is 10.1.